The topological polar surface area (TPSA) is 89.6 Å². The van der Waals surface area contributed by atoms with Crippen molar-refractivity contribution in [2.45, 2.75) is 44.5 Å². The molecule has 1 aromatic heterocycles. The van der Waals surface area contributed by atoms with Crippen molar-refractivity contribution in [3.05, 3.63) is 58.1 Å². The number of amides is 1. The standard InChI is InChI=1S/C21H21ClF4N4O2/c1-19(2)10-20(3,30-16(27)9-32-19)13-7-12(4-5-15(13)23)29-18(31)17-14(22)6-11(8-28-17)21(24,25)26/h4-8H,9-10H2,1-3H3,(H2,27,30)(H,29,31). The Morgan fingerprint density at radius 1 is 1.25 bits per heavy atom. The Labute approximate surface area is 186 Å². The molecule has 0 saturated heterocycles. The molecule has 1 atom stereocenters. The van der Waals surface area contributed by atoms with Crippen molar-refractivity contribution in [1.82, 2.24) is 4.98 Å². The number of ether oxygens (including phenoxy) is 1. The number of nitrogens with one attached hydrogen (secondary N) is 1. The zero-order valence-corrected chi connectivity index (χ0v) is 18.2. The van der Waals surface area contributed by atoms with Gasteiger partial charge in [-0.3, -0.25) is 9.79 Å². The van der Waals surface area contributed by atoms with Gasteiger partial charge in [-0.25, -0.2) is 9.37 Å². The molecule has 2 heterocycles. The molecule has 1 aliphatic rings. The van der Waals surface area contributed by atoms with Crippen molar-refractivity contribution in [1.29, 1.82) is 0 Å². The van der Waals surface area contributed by atoms with Crippen LogP contribution in [0.2, 0.25) is 5.02 Å². The fourth-order valence-corrected chi connectivity index (χ4v) is 3.91. The van der Waals surface area contributed by atoms with Crippen molar-refractivity contribution in [3.63, 3.8) is 0 Å². The molecule has 1 aromatic carbocycles. The van der Waals surface area contributed by atoms with Gasteiger partial charge in [0.2, 0.25) is 0 Å². The number of alkyl halides is 3. The average Bonchev–Trinajstić information content (AvgIpc) is 2.77. The lowest BCUT2D eigenvalue weighted by molar-refractivity contribution is -0.137. The Hall–Kier alpha value is -2.72. The number of pyridine rings is 1. The molecule has 0 fully saturated rings. The second-order valence-electron chi connectivity index (χ2n) is 8.30. The number of aromatic nitrogens is 1. The zero-order valence-electron chi connectivity index (χ0n) is 17.5. The predicted octanol–water partition coefficient (Wildman–Crippen LogP) is 4.92. The van der Waals surface area contributed by atoms with E-state index in [0.717, 1.165) is 6.07 Å². The number of carbonyl (C=O) groups excluding carboxylic acids is 1. The molecular formula is C21H21ClF4N4O2. The molecule has 0 saturated carbocycles. The molecule has 32 heavy (non-hydrogen) atoms. The number of anilines is 1. The number of benzene rings is 1. The molecule has 3 N–H and O–H groups in total. The van der Waals surface area contributed by atoms with Gasteiger partial charge in [-0.15, -0.1) is 0 Å². The Kier molecular flexibility index (Phi) is 6.23. The van der Waals surface area contributed by atoms with Crippen molar-refractivity contribution in [2.24, 2.45) is 10.7 Å². The van der Waals surface area contributed by atoms with E-state index in [1.807, 2.05) is 13.8 Å². The predicted molar refractivity (Wildman–Crippen MR) is 112 cm³/mol. The second-order valence-corrected chi connectivity index (χ2v) is 8.71. The lowest BCUT2D eigenvalue weighted by Gasteiger charge is -2.33. The van der Waals surface area contributed by atoms with Gasteiger partial charge in [-0.1, -0.05) is 11.6 Å². The van der Waals surface area contributed by atoms with Crippen LogP contribution in [0.15, 0.2) is 35.5 Å². The number of carbonyl (C=O) groups is 1. The lowest BCUT2D eigenvalue weighted by atomic mass is 9.82. The van der Waals surface area contributed by atoms with E-state index in [1.54, 1.807) is 6.92 Å². The Bertz CT molecular complexity index is 1090. The minimum Gasteiger partial charge on any atom is -0.386 e. The Morgan fingerprint density at radius 2 is 1.94 bits per heavy atom. The molecule has 1 unspecified atom stereocenters. The van der Waals surface area contributed by atoms with Gasteiger partial charge in [-0.2, -0.15) is 13.2 Å². The summed E-state index contributed by atoms with van der Waals surface area (Å²) in [5.41, 5.74) is 3.04. The van der Waals surface area contributed by atoms with E-state index in [9.17, 15) is 22.4 Å². The van der Waals surface area contributed by atoms with Gasteiger partial charge in [-0.05, 0) is 45.0 Å². The second kappa shape index (κ2) is 8.32. The molecule has 172 valence electrons. The molecule has 0 bridgehead atoms. The van der Waals surface area contributed by atoms with Crippen LogP contribution in [0.3, 0.4) is 0 Å². The maximum atomic E-state index is 14.8. The highest BCUT2D eigenvalue weighted by atomic mass is 35.5. The molecule has 0 radical (unpaired) electrons. The van der Waals surface area contributed by atoms with E-state index < -0.39 is 45.3 Å². The summed E-state index contributed by atoms with van der Waals surface area (Å²) in [6.07, 6.45) is -3.82. The van der Waals surface area contributed by atoms with Crippen LogP contribution in [0.5, 0.6) is 0 Å². The quantitative estimate of drug-likeness (QED) is 0.621. The largest absolute Gasteiger partial charge is 0.417 e. The summed E-state index contributed by atoms with van der Waals surface area (Å²) in [6.45, 7) is 5.47. The van der Waals surface area contributed by atoms with Gasteiger partial charge in [0.05, 0.1) is 21.7 Å². The first-order valence-electron chi connectivity index (χ1n) is 9.52. The number of aliphatic imine (C=N–C) groups is 1. The molecular weight excluding hydrogens is 452 g/mol. The molecule has 1 aliphatic heterocycles. The molecule has 11 heteroatoms. The minimum atomic E-state index is -4.65. The number of nitrogens with two attached hydrogens (primary N) is 1. The highest BCUT2D eigenvalue weighted by Gasteiger charge is 2.39. The normalized spacial score (nSPS) is 20.9. The Balaban J connectivity index is 1.93. The van der Waals surface area contributed by atoms with Gasteiger partial charge in [0, 0.05) is 23.9 Å². The summed E-state index contributed by atoms with van der Waals surface area (Å²) in [4.78, 5) is 20.5. The summed E-state index contributed by atoms with van der Waals surface area (Å²) < 4.78 is 58.9. The van der Waals surface area contributed by atoms with Crippen LogP contribution in [0, 0.1) is 5.82 Å². The van der Waals surface area contributed by atoms with Gasteiger partial charge in [0.1, 0.15) is 24.0 Å². The fourth-order valence-electron chi connectivity index (χ4n) is 3.66. The number of hydrogen-bond donors (Lipinski definition) is 2. The Morgan fingerprint density at radius 3 is 2.56 bits per heavy atom. The van der Waals surface area contributed by atoms with Crippen LogP contribution >= 0.6 is 11.6 Å². The molecule has 3 rings (SSSR count). The summed E-state index contributed by atoms with van der Waals surface area (Å²) >= 11 is 5.83. The fraction of sp³-hybridized carbons (Fsp3) is 0.381. The smallest absolute Gasteiger partial charge is 0.386 e. The van der Waals surface area contributed by atoms with Crippen molar-refractivity contribution in [2.75, 3.05) is 11.9 Å². The van der Waals surface area contributed by atoms with Crippen LogP contribution < -0.4 is 11.1 Å². The van der Waals surface area contributed by atoms with Gasteiger partial charge < -0.3 is 15.8 Å². The molecule has 1 amide bonds. The summed E-state index contributed by atoms with van der Waals surface area (Å²) in [5.74, 6) is -1.21. The zero-order chi connectivity index (χ0) is 23.9. The number of rotatable bonds is 3. The third-order valence-corrected chi connectivity index (χ3v) is 5.25. The molecule has 0 aliphatic carbocycles. The minimum absolute atomic E-state index is 0.0960. The van der Waals surface area contributed by atoms with Crippen molar-refractivity contribution < 1.29 is 27.1 Å². The van der Waals surface area contributed by atoms with Crippen molar-refractivity contribution in [3.8, 4) is 0 Å². The van der Waals surface area contributed by atoms with Crippen molar-refractivity contribution >= 4 is 29.0 Å². The number of nitrogens with zero attached hydrogens (tertiary/aromatic N) is 2. The van der Waals surface area contributed by atoms with Crippen LogP contribution in [-0.4, -0.2) is 28.9 Å². The summed E-state index contributed by atoms with van der Waals surface area (Å²) in [7, 11) is 0. The summed E-state index contributed by atoms with van der Waals surface area (Å²) in [6, 6.07) is 4.47. The molecule has 0 spiro atoms. The van der Waals surface area contributed by atoms with E-state index in [0.29, 0.717) is 18.7 Å². The number of halogens is 5. The van der Waals surface area contributed by atoms with Gasteiger partial charge in [0.15, 0.2) is 0 Å². The molecule has 2 aromatic rings. The highest BCUT2D eigenvalue weighted by Crippen LogP contribution is 2.39. The third kappa shape index (κ3) is 5.18. The average molecular weight is 473 g/mol. The first-order valence-corrected chi connectivity index (χ1v) is 9.90. The van der Waals surface area contributed by atoms with E-state index >= 15 is 0 Å². The van der Waals surface area contributed by atoms with Crippen LogP contribution in [-0.2, 0) is 16.5 Å². The number of hydrogen-bond acceptors (Lipinski definition) is 5. The monoisotopic (exact) mass is 472 g/mol. The van der Waals surface area contributed by atoms with E-state index in [4.69, 9.17) is 22.1 Å². The van der Waals surface area contributed by atoms with Crippen LogP contribution in [0.1, 0.15) is 48.8 Å². The first-order chi connectivity index (χ1) is 14.7. The molecule has 6 nitrogen and oxygen atoms in total. The summed E-state index contributed by atoms with van der Waals surface area (Å²) in [5, 5.41) is 2.02. The van der Waals surface area contributed by atoms with Crippen LogP contribution in [0.25, 0.3) is 0 Å². The third-order valence-electron chi connectivity index (χ3n) is 4.96. The van der Waals surface area contributed by atoms with Crippen LogP contribution in [0.4, 0.5) is 23.2 Å². The lowest BCUT2D eigenvalue weighted by Crippen LogP contribution is -2.33. The first kappa shape index (κ1) is 23.9. The van der Waals surface area contributed by atoms with E-state index in [2.05, 4.69) is 15.3 Å². The number of amidine groups is 1. The maximum absolute atomic E-state index is 14.8. The van der Waals surface area contributed by atoms with E-state index in [1.165, 1.54) is 12.1 Å². The highest BCUT2D eigenvalue weighted by molar-refractivity contribution is 6.34. The van der Waals surface area contributed by atoms with E-state index in [-0.39, 0.29) is 23.7 Å². The van der Waals surface area contributed by atoms with Gasteiger partial charge >= 0.3 is 6.18 Å². The maximum Gasteiger partial charge on any atom is 0.417 e. The SMILES string of the molecule is CC1(C)CC(C)(c2cc(NC(=O)c3ncc(C(F)(F)F)cc3Cl)ccc2F)N=C(N)CO1. The van der Waals surface area contributed by atoms with Gasteiger partial charge in [0.25, 0.3) is 5.91 Å².